The molecule has 0 unspecified atom stereocenters. The summed E-state index contributed by atoms with van der Waals surface area (Å²) in [7, 11) is 0. The summed E-state index contributed by atoms with van der Waals surface area (Å²) in [6.07, 6.45) is 1.69. The van der Waals surface area contributed by atoms with Gasteiger partial charge in [-0.15, -0.1) is 6.58 Å². The molecule has 0 rings (SSSR count). The SMILES string of the molecule is C=CCNC(=O)CSCCC(=O)O. The van der Waals surface area contributed by atoms with Crippen LogP contribution in [-0.4, -0.2) is 35.0 Å². The molecular formula is C8H13NO3S. The van der Waals surface area contributed by atoms with Gasteiger partial charge in [0.25, 0.3) is 0 Å². The second kappa shape index (κ2) is 7.67. The first-order valence-corrected chi connectivity index (χ1v) is 4.99. The highest BCUT2D eigenvalue weighted by molar-refractivity contribution is 7.99. The molecule has 0 heterocycles. The molecule has 0 radical (unpaired) electrons. The second-order valence-corrected chi connectivity index (χ2v) is 3.39. The van der Waals surface area contributed by atoms with Gasteiger partial charge in [-0.3, -0.25) is 9.59 Å². The summed E-state index contributed by atoms with van der Waals surface area (Å²) in [5, 5.41) is 10.9. The van der Waals surface area contributed by atoms with Gasteiger partial charge >= 0.3 is 5.97 Å². The Labute approximate surface area is 81.4 Å². The molecule has 0 fully saturated rings. The van der Waals surface area contributed by atoms with Crippen molar-refractivity contribution in [2.75, 3.05) is 18.1 Å². The van der Waals surface area contributed by atoms with Crippen LogP contribution >= 0.6 is 11.8 Å². The Morgan fingerprint density at radius 2 is 2.23 bits per heavy atom. The van der Waals surface area contributed by atoms with Crippen molar-refractivity contribution in [3.8, 4) is 0 Å². The predicted octanol–water partition coefficient (Wildman–Crippen LogP) is 0.496. The number of rotatable bonds is 7. The van der Waals surface area contributed by atoms with Crippen LogP contribution in [0.1, 0.15) is 6.42 Å². The van der Waals surface area contributed by atoms with Gasteiger partial charge in [0.2, 0.25) is 5.91 Å². The molecule has 13 heavy (non-hydrogen) atoms. The van der Waals surface area contributed by atoms with Crippen LogP contribution in [0, 0.1) is 0 Å². The van der Waals surface area contributed by atoms with Crippen LogP contribution in [-0.2, 0) is 9.59 Å². The van der Waals surface area contributed by atoms with Crippen molar-refractivity contribution >= 4 is 23.6 Å². The lowest BCUT2D eigenvalue weighted by Crippen LogP contribution is -2.25. The molecule has 0 aliphatic carbocycles. The van der Waals surface area contributed by atoms with E-state index in [1.807, 2.05) is 0 Å². The molecule has 0 atom stereocenters. The Kier molecular flexibility index (Phi) is 7.10. The molecule has 0 aliphatic heterocycles. The lowest BCUT2D eigenvalue weighted by Gasteiger charge is -2.00. The minimum Gasteiger partial charge on any atom is -0.481 e. The van der Waals surface area contributed by atoms with E-state index in [1.165, 1.54) is 11.8 Å². The van der Waals surface area contributed by atoms with E-state index in [0.29, 0.717) is 18.1 Å². The average molecular weight is 203 g/mol. The van der Waals surface area contributed by atoms with E-state index >= 15 is 0 Å². The zero-order valence-electron chi connectivity index (χ0n) is 7.28. The third-order valence-corrected chi connectivity index (χ3v) is 2.10. The van der Waals surface area contributed by atoms with Gasteiger partial charge < -0.3 is 10.4 Å². The molecule has 0 aliphatic rings. The zero-order chi connectivity index (χ0) is 10.1. The first kappa shape index (κ1) is 12.0. The number of thioether (sulfide) groups is 1. The molecule has 1 amide bonds. The molecule has 0 saturated heterocycles. The van der Waals surface area contributed by atoms with E-state index in [4.69, 9.17) is 5.11 Å². The molecule has 74 valence electrons. The maximum Gasteiger partial charge on any atom is 0.304 e. The molecule has 2 N–H and O–H groups in total. The molecular weight excluding hydrogens is 190 g/mol. The Balaban J connectivity index is 3.26. The molecule has 0 aromatic carbocycles. The van der Waals surface area contributed by atoms with Gasteiger partial charge in [-0.05, 0) is 0 Å². The third kappa shape index (κ3) is 8.94. The van der Waals surface area contributed by atoms with E-state index in [0.717, 1.165) is 0 Å². The number of hydrogen-bond acceptors (Lipinski definition) is 3. The third-order valence-electron chi connectivity index (χ3n) is 1.14. The van der Waals surface area contributed by atoms with Gasteiger partial charge in [0, 0.05) is 12.3 Å². The first-order valence-electron chi connectivity index (χ1n) is 3.84. The monoisotopic (exact) mass is 203 g/mol. The van der Waals surface area contributed by atoms with E-state index < -0.39 is 5.97 Å². The van der Waals surface area contributed by atoms with Crippen molar-refractivity contribution < 1.29 is 14.7 Å². The summed E-state index contributed by atoms with van der Waals surface area (Å²) in [5.74, 6) is -0.146. The number of carboxylic acids is 1. The lowest BCUT2D eigenvalue weighted by molar-refractivity contribution is -0.136. The van der Waals surface area contributed by atoms with Crippen LogP contribution in [0.2, 0.25) is 0 Å². The summed E-state index contributed by atoms with van der Waals surface area (Å²) in [5.41, 5.74) is 0. The predicted molar refractivity (Wildman–Crippen MR) is 52.8 cm³/mol. The Bertz CT molecular complexity index is 194. The van der Waals surface area contributed by atoms with Gasteiger partial charge in [-0.25, -0.2) is 0 Å². The van der Waals surface area contributed by atoms with Crippen molar-refractivity contribution in [3.63, 3.8) is 0 Å². The van der Waals surface area contributed by atoms with Crippen LogP contribution in [0.4, 0.5) is 0 Å². The van der Waals surface area contributed by atoms with Crippen molar-refractivity contribution in [2.24, 2.45) is 0 Å². The van der Waals surface area contributed by atoms with Crippen LogP contribution in [0.15, 0.2) is 12.7 Å². The van der Waals surface area contributed by atoms with Crippen LogP contribution in [0.5, 0.6) is 0 Å². The quantitative estimate of drug-likeness (QED) is 0.467. The summed E-state index contributed by atoms with van der Waals surface area (Å²) in [4.78, 5) is 21.0. The fraction of sp³-hybridized carbons (Fsp3) is 0.500. The number of carbonyl (C=O) groups excluding carboxylic acids is 1. The average Bonchev–Trinajstić information content (AvgIpc) is 2.08. The molecule has 5 heteroatoms. The summed E-state index contributed by atoms with van der Waals surface area (Å²) in [6.45, 7) is 3.91. The highest BCUT2D eigenvalue weighted by atomic mass is 32.2. The van der Waals surface area contributed by atoms with Crippen molar-refractivity contribution in [3.05, 3.63) is 12.7 Å². The zero-order valence-corrected chi connectivity index (χ0v) is 8.10. The van der Waals surface area contributed by atoms with E-state index in [1.54, 1.807) is 6.08 Å². The normalized spacial score (nSPS) is 9.23. The van der Waals surface area contributed by atoms with Crippen molar-refractivity contribution in [1.82, 2.24) is 5.32 Å². The minimum atomic E-state index is -0.834. The fourth-order valence-corrected chi connectivity index (χ4v) is 1.31. The number of carbonyl (C=O) groups is 2. The van der Waals surface area contributed by atoms with E-state index in [2.05, 4.69) is 11.9 Å². The van der Waals surface area contributed by atoms with Gasteiger partial charge in [0.05, 0.1) is 12.2 Å². The number of aliphatic carboxylic acids is 1. The number of amides is 1. The van der Waals surface area contributed by atoms with E-state index in [9.17, 15) is 9.59 Å². The van der Waals surface area contributed by atoms with Crippen molar-refractivity contribution in [1.29, 1.82) is 0 Å². The van der Waals surface area contributed by atoms with Gasteiger partial charge in [-0.1, -0.05) is 6.08 Å². The summed E-state index contributed by atoms with van der Waals surface area (Å²) in [6, 6.07) is 0. The van der Waals surface area contributed by atoms with Crippen LogP contribution < -0.4 is 5.32 Å². The first-order chi connectivity index (χ1) is 6.16. The van der Waals surface area contributed by atoms with Gasteiger partial charge in [-0.2, -0.15) is 11.8 Å². The molecule has 0 aromatic rings. The topological polar surface area (TPSA) is 66.4 Å². The van der Waals surface area contributed by atoms with Crippen LogP contribution in [0.3, 0.4) is 0 Å². The Hall–Kier alpha value is -0.970. The molecule has 0 spiro atoms. The fourth-order valence-electron chi connectivity index (χ4n) is 0.561. The largest absolute Gasteiger partial charge is 0.481 e. The number of carboxylic acid groups (broad SMARTS) is 1. The van der Waals surface area contributed by atoms with Gasteiger partial charge in [0.1, 0.15) is 0 Å². The van der Waals surface area contributed by atoms with Gasteiger partial charge in [0.15, 0.2) is 0 Å². The number of hydrogen-bond donors (Lipinski definition) is 2. The minimum absolute atomic E-state index is 0.0877. The standard InChI is InChI=1S/C8H13NO3S/c1-2-4-9-7(10)6-13-5-3-8(11)12/h2H,1,3-6H2,(H,9,10)(H,11,12). The lowest BCUT2D eigenvalue weighted by atomic mass is 10.5. The smallest absolute Gasteiger partial charge is 0.304 e. The second-order valence-electron chi connectivity index (χ2n) is 2.29. The van der Waals surface area contributed by atoms with E-state index in [-0.39, 0.29) is 12.3 Å². The maximum atomic E-state index is 10.9. The van der Waals surface area contributed by atoms with Crippen LogP contribution in [0.25, 0.3) is 0 Å². The maximum absolute atomic E-state index is 10.9. The highest BCUT2D eigenvalue weighted by Crippen LogP contribution is 2.01. The molecule has 0 aromatic heterocycles. The number of nitrogens with one attached hydrogen (secondary N) is 1. The Morgan fingerprint density at radius 3 is 2.77 bits per heavy atom. The summed E-state index contributed by atoms with van der Waals surface area (Å²) >= 11 is 1.31. The summed E-state index contributed by atoms with van der Waals surface area (Å²) < 4.78 is 0. The van der Waals surface area contributed by atoms with Crippen molar-refractivity contribution in [2.45, 2.75) is 6.42 Å². The molecule has 0 bridgehead atoms. The molecule has 4 nitrogen and oxygen atoms in total. The Morgan fingerprint density at radius 1 is 1.54 bits per heavy atom. The molecule has 0 saturated carbocycles. The highest BCUT2D eigenvalue weighted by Gasteiger charge is 2.01.